The highest BCUT2D eigenvalue weighted by atomic mass is 19.4. The second-order valence-electron chi connectivity index (χ2n) is 3.70. The fraction of sp³-hybridized carbons (Fsp3) is 0.417. The van der Waals surface area contributed by atoms with Crippen molar-refractivity contribution in [3.63, 3.8) is 0 Å². The van der Waals surface area contributed by atoms with Crippen molar-refractivity contribution in [3.05, 3.63) is 24.3 Å². The van der Waals surface area contributed by atoms with Crippen LogP contribution in [-0.2, 0) is 4.79 Å². The van der Waals surface area contributed by atoms with Gasteiger partial charge in [-0.2, -0.15) is 0 Å². The second kappa shape index (κ2) is 6.28. The number of hydrogen-bond acceptors (Lipinski definition) is 2. The Kier molecular flexibility index (Phi) is 5.00. The number of amides is 1. The Morgan fingerprint density at radius 2 is 2.00 bits per heavy atom. The third-order valence-electron chi connectivity index (χ3n) is 2.14. The summed E-state index contributed by atoms with van der Waals surface area (Å²) in [5, 5.41) is 2.40. The molecule has 1 aromatic rings. The van der Waals surface area contributed by atoms with E-state index in [4.69, 9.17) is 0 Å². The predicted molar refractivity (Wildman–Crippen MR) is 61.3 cm³/mol. The van der Waals surface area contributed by atoms with E-state index in [0.29, 0.717) is 6.42 Å². The molecule has 1 rings (SSSR count). The summed E-state index contributed by atoms with van der Waals surface area (Å²) in [4.78, 5) is 11.4. The predicted octanol–water partition coefficient (Wildman–Crippen LogP) is 3.71. The number of unbranched alkanes of at least 4 members (excludes halogenated alkanes) is 1. The first-order valence-electron chi connectivity index (χ1n) is 5.57. The number of para-hydroxylation sites is 2. The van der Waals surface area contributed by atoms with Crippen LogP contribution in [0.4, 0.5) is 18.9 Å². The number of halogens is 3. The highest BCUT2D eigenvalue weighted by molar-refractivity contribution is 5.92. The van der Waals surface area contributed by atoms with Gasteiger partial charge in [0.25, 0.3) is 0 Å². The topological polar surface area (TPSA) is 38.3 Å². The van der Waals surface area contributed by atoms with E-state index in [1.54, 1.807) is 0 Å². The average molecular weight is 261 g/mol. The number of ether oxygens (including phenoxy) is 1. The van der Waals surface area contributed by atoms with Gasteiger partial charge >= 0.3 is 6.36 Å². The minimum Gasteiger partial charge on any atom is -0.404 e. The van der Waals surface area contributed by atoms with Crippen molar-refractivity contribution in [2.75, 3.05) is 5.32 Å². The van der Waals surface area contributed by atoms with E-state index in [0.717, 1.165) is 12.5 Å². The van der Waals surface area contributed by atoms with Gasteiger partial charge in [0.05, 0.1) is 5.69 Å². The molecule has 0 atom stereocenters. The Bertz CT molecular complexity index is 405. The highest BCUT2D eigenvalue weighted by Gasteiger charge is 2.32. The van der Waals surface area contributed by atoms with Crippen LogP contribution >= 0.6 is 0 Å². The lowest BCUT2D eigenvalue weighted by Crippen LogP contribution is -2.19. The van der Waals surface area contributed by atoms with E-state index in [1.165, 1.54) is 18.2 Å². The molecular formula is C12H14F3NO2. The molecule has 100 valence electrons. The molecule has 3 nitrogen and oxygen atoms in total. The maximum atomic E-state index is 12.1. The molecule has 0 radical (unpaired) electrons. The number of alkyl halides is 3. The minimum atomic E-state index is -4.77. The van der Waals surface area contributed by atoms with Gasteiger partial charge in [0.2, 0.25) is 5.91 Å². The summed E-state index contributed by atoms with van der Waals surface area (Å²) >= 11 is 0. The molecule has 0 heterocycles. The fourth-order valence-electron chi connectivity index (χ4n) is 1.33. The third kappa shape index (κ3) is 5.07. The summed E-state index contributed by atoms with van der Waals surface area (Å²) in [5.41, 5.74) is 0.0240. The lowest BCUT2D eigenvalue weighted by atomic mass is 10.2. The largest absolute Gasteiger partial charge is 0.573 e. The van der Waals surface area contributed by atoms with Crippen LogP contribution in [0.2, 0.25) is 0 Å². The first kappa shape index (κ1) is 14.3. The molecule has 0 unspecified atom stereocenters. The maximum Gasteiger partial charge on any atom is 0.573 e. The van der Waals surface area contributed by atoms with Gasteiger partial charge < -0.3 is 10.1 Å². The molecule has 0 bridgehead atoms. The summed E-state index contributed by atoms with van der Waals surface area (Å²) in [6, 6.07) is 5.45. The zero-order chi connectivity index (χ0) is 13.6. The van der Waals surface area contributed by atoms with Crippen LogP contribution in [0.5, 0.6) is 5.75 Å². The molecule has 18 heavy (non-hydrogen) atoms. The first-order valence-corrected chi connectivity index (χ1v) is 5.57. The van der Waals surface area contributed by atoms with E-state index >= 15 is 0 Å². The normalized spacial score (nSPS) is 11.1. The second-order valence-corrected chi connectivity index (χ2v) is 3.70. The minimum absolute atomic E-state index is 0.0240. The van der Waals surface area contributed by atoms with E-state index in [1.807, 2.05) is 6.92 Å². The summed E-state index contributed by atoms with van der Waals surface area (Å²) < 4.78 is 40.2. The number of rotatable bonds is 5. The van der Waals surface area contributed by atoms with Crippen molar-refractivity contribution in [2.24, 2.45) is 0 Å². The van der Waals surface area contributed by atoms with E-state index in [2.05, 4.69) is 10.1 Å². The Balaban J connectivity index is 2.73. The Morgan fingerprint density at radius 3 is 2.61 bits per heavy atom. The van der Waals surface area contributed by atoms with Crippen molar-refractivity contribution in [3.8, 4) is 5.75 Å². The lowest BCUT2D eigenvalue weighted by molar-refractivity contribution is -0.274. The quantitative estimate of drug-likeness (QED) is 0.877. The smallest absolute Gasteiger partial charge is 0.404 e. The molecule has 1 N–H and O–H groups in total. The number of hydrogen-bond donors (Lipinski definition) is 1. The molecule has 0 aliphatic rings. The van der Waals surface area contributed by atoms with Crippen LogP contribution in [0.1, 0.15) is 26.2 Å². The molecule has 0 saturated heterocycles. The van der Waals surface area contributed by atoms with Crippen molar-refractivity contribution in [2.45, 2.75) is 32.5 Å². The van der Waals surface area contributed by atoms with Gasteiger partial charge in [0, 0.05) is 6.42 Å². The Morgan fingerprint density at radius 1 is 1.33 bits per heavy atom. The molecule has 1 amide bonds. The molecule has 1 aromatic carbocycles. The van der Waals surface area contributed by atoms with Crippen LogP contribution in [0.25, 0.3) is 0 Å². The van der Waals surface area contributed by atoms with Crippen molar-refractivity contribution in [1.29, 1.82) is 0 Å². The van der Waals surface area contributed by atoms with Crippen LogP contribution in [0, 0.1) is 0 Å². The first-order chi connectivity index (χ1) is 8.42. The fourth-order valence-corrected chi connectivity index (χ4v) is 1.33. The van der Waals surface area contributed by atoms with Gasteiger partial charge in [-0.3, -0.25) is 4.79 Å². The standard InChI is InChI=1S/C12H14F3NO2/c1-2-3-8-11(17)16-9-6-4-5-7-10(9)18-12(13,14)15/h4-7H,2-3,8H2,1H3,(H,16,17). The lowest BCUT2D eigenvalue weighted by Gasteiger charge is -2.13. The van der Waals surface area contributed by atoms with Gasteiger partial charge in [0.15, 0.2) is 5.75 Å². The van der Waals surface area contributed by atoms with Gasteiger partial charge in [0.1, 0.15) is 0 Å². The van der Waals surface area contributed by atoms with Gasteiger partial charge in [-0.05, 0) is 18.6 Å². The maximum absolute atomic E-state index is 12.1. The number of anilines is 1. The molecular weight excluding hydrogens is 247 g/mol. The number of benzene rings is 1. The zero-order valence-corrected chi connectivity index (χ0v) is 9.88. The Hall–Kier alpha value is -1.72. The summed E-state index contributed by atoms with van der Waals surface area (Å²) in [5.74, 6) is -0.732. The average Bonchev–Trinajstić information content (AvgIpc) is 2.27. The number of carbonyl (C=O) groups is 1. The van der Waals surface area contributed by atoms with Crippen LogP contribution in [-0.4, -0.2) is 12.3 Å². The summed E-state index contributed by atoms with van der Waals surface area (Å²) in [6.07, 6.45) is -2.97. The monoisotopic (exact) mass is 261 g/mol. The van der Waals surface area contributed by atoms with Gasteiger partial charge in [-0.25, -0.2) is 0 Å². The molecule has 0 aliphatic heterocycles. The molecule has 0 spiro atoms. The van der Waals surface area contributed by atoms with Gasteiger partial charge in [-0.15, -0.1) is 13.2 Å². The third-order valence-corrected chi connectivity index (χ3v) is 2.14. The summed E-state index contributed by atoms with van der Waals surface area (Å²) in [7, 11) is 0. The number of nitrogens with one attached hydrogen (secondary N) is 1. The van der Waals surface area contributed by atoms with E-state index < -0.39 is 12.1 Å². The zero-order valence-electron chi connectivity index (χ0n) is 9.88. The molecule has 6 heteroatoms. The van der Waals surface area contributed by atoms with Crippen molar-refractivity contribution in [1.82, 2.24) is 0 Å². The van der Waals surface area contributed by atoms with Crippen LogP contribution < -0.4 is 10.1 Å². The number of carbonyl (C=O) groups excluding carboxylic acids is 1. The molecule has 0 saturated carbocycles. The molecule has 0 aliphatic carbocycles. The molecule has 0 fully saturated rings. The SMILES string of the molecule is CCCCC(=O)Nc1ccccc1OC(F)(F)F. The Labute approximate surface area is 103 Å². The van der Waals surface area contributed by atoms with Crippen molar-refractivity contribution < 1.29 is 22.7 Å². The van der Waals surface area contributed by atoms with Crippen LogP contribution in [0.15, 0.2) is 24.3 Å². The summed E-state index contributed by atoms with van der Waals surface area (Å²) in [6.45, 7) is 1.92. The van der Waals surface area contributed by atoms with E-state index in [9.17, 15) is 18.0 Å². The van der Waals surface area contributed by atoms with Crippen molar-refractivity contribution >= 4 is 11.6 Å². The molecule has 0 aromatic heterocycles. The van der Waals surface area contributed by atoms with Gasteiger partial charge in [-0.1, -0.05) is 25.5 Å². The van der Waals surface area contributed by atoms with Crippen LogP contribution in [0.3, 0.4) is 0 Å². The highest BCUT2D eigenvalue weighted by Crippen LogP contribution is 2.29. The van der Waals surface area contributed by atoms with E-state index in [-0.39, 0.29) is 18.0 Å².